The van der Waals surface area contributed by atoms with Crippen LogP contribution in [0.3, 0.4) is 0 Å². The Hall–Kier alpha value is -2.15. The third-order valence-corrected chi connectivity index (χ3v) is 3.37. The molecule has 2 N–H and O–H groups in total. The molecule has 1 aromatic carbocycles. The fraction of sp³-hybridized carbons (Fsp3) is 0.500. The zero-order chi connectivity index (χ0) is 15.2. The smallest absolute Gasteiger partial charge is 0.292 e. The van der Waals surface area contributed by atoms with E-state index >= 15 is 0 Å². The lowest BCUT2D eigenvalue weighted by atomic mass is 10.1. The molecule has 21 heavy (non-hydrogen) atoms. The van der Waals surface area contributed by atoms with Gasteiger partial charge in [-0.05, 0) is 25.0 Å². The Kier molecular flexibility index (Phi) is 5.10. The van der Waals surface area contributed by atoms with Gasteiger partial charge in [0.25, 0.3) is 5.69 Å². The van der Waals surface area contributed by atoms with E-state index in [1.165, 1.54) is 0 Å². The second kappa shape index (κ2) is 7.03. The Bertz CT molecular complexity index is 533. The number of nitro groups is 1. The monoisotopic (exact) mass is 292 g/mol. The van der Waals surface area contributed by atoms with Crippen molar-refractivity contribution in [1.82, 2.24) is 10.2 Å². The average Bonchev–Trinajstić information content (AvgIpc) is 2.65. The number of nitro benzene ring substituents is 1. The molecule has 0 radical (unpaired) electrons. The van der Waals surface area contributed by atoms with Gasteiger partial charge in [-0.3, -0.25) is 19.8 Å². The van der Waals surface area contributed by atoms with Gasteiger partial charge in [-0.1, -0.05) is 6.07 Å². The van der Waals surface area contributed by atoms with Gasteiger partial charge < -0.3 is 10.6 Å². The summed E-state index contributed by atoms with van der Waals surface area (Å²) in [4.78, 5) is 24.3. The van der Waals surface area contributed by atoms with E-state index in [0.29, 0.717) is 31.9 Å². The fourth-order valence-corrected chi connectivity index (χ4v) is 2.43. The molecule has 7 nitrogen and oxygen atoms in total. The first-order chi connectivity index (χ1) is 10.1. The zero-order valence-corrected chi connectivity index (χ0v) is 12.1. The van der Waals surface area contributed by atoms with E-state index in [1.807, 2.05) is 17.9 Å². The number of rotatable bonds is 5. The van der Waals surface area contributed by atoms with Crippen molar-refractivity contribution in [3.63, 3.8) is 0 Å². The molecule has 1 heterocycles. The van der Waals surface area contributed by atoms with Gasteiger partial charge in [0.1, 0.15) is 5.69 Å². The number of anilines is 1. The molecule has 1 aromatic rings. The minimum Gasteiger partial charge on any atom is -0.380 e. The topological polar surface area (TPSA) is 87.5 Å². The van der Waals surface area contributed by atoms with Crippen LogP contribution in [0.5, 0.6) is 0 Å². The molecule has 1 aliphatic heterocycles. The van der Waals surface area contributed by atoms with E-state index in [4.69, 9.17) is 0 Å². The highest BCUT2D eigenvalue weighted by Crippen LogP contribution is 2.26. The van der Waals surface area contributed by atoms with Crippen LogP contribution in [-0.2, 0) is 11.3 Å². The summed E-state index contributed by atoms with van der Waals surface area (Å²) in [5, 5.41) is 16.9. The molecule has 7 heteroatoms. The Balaban J connectivity index is 2.14. The highest BCUT2D eigenvalue weighted by Gasteiger charge is 2.18. The Morgan fingerprint density at radius 2 is 2.29 bits per heavy atom. The third kappa shape index (κ3) is 4.16. The highest BCUT2D eigenvalue weighted by atomic mass is 16.6. The maximum Gasteiger partial charge on any atom is 0.292 e. The van der Waals surface area contributed by atoms with E-state index < -0.39 is 0 Å². The van der Waals surface area contributed by atoms with Gasteiger partial charge in [-0.25, -0.2) is 0 Å². The van der Waals surface area contributed by atoms with E-state index in [2.05, 4.69) is 10.6 Å². The molecule has 0 saturated carbocycles. The molecule has 2 rings (SSSR count). The lowest BCUT2D eigenvalue weighted by Gasteiger charge is -2.18. The maximum absolute atomic E-state index is 11.5. The first-order valence-electron chi connectivity index (χ1n) is 7.10. The largest absolute Gasteiger partial charge is 0.380 e. The number of hydrogen-bond acceptors (Lipinski definition) is 5. The summed E-state index contributed by atoms with van der Waals surface area (Å²) < 4.78 is 0. The van der Waals surface area contributed by atoms with E-state index in [-0.39, 0.29) is 16.5 Å². The number of nitrogens with one attached hydrogen (secondary N) is 2. The van der Waals surface area contributed by atoms with Gasteiger partial charge in [0.2, 0.25) is 5.91 Å². The van der Waals surface area contributed by atoms with Gasteiger partial charge in [0, 0.05) is 32.2 Å². The summed E-state index contributed by atoms with van der Waals surface area (Å²) in [6.07, 6.45) is 0.892. The molecule has 0 aromatic heterocycles. The van der Waals surface area contributed by atoms with Crippen molar-refractivity contribution in [3.05, 3.63) is 33.9 Å². The van der Waals surface area contributed by atoms with Crippen molar-refractivity contribution in [1.29, 1.82) is 0 Å². The summed E-state index contributed by atoms with van der Waals surface area (Å²) in [5.41, 5.74) is 1.45. The summed E-state index contributed by atoms with van der Waals surface area (Å²) in [6, 6.07) is 5.18. The van der Waals surface area contributed by atoms with Crippen LogP contribution >= 0.6 is 0 Å². The number of benzene rings is 1. The van der Waals surface area contributed by atoms with E-state index in [9.17, 15) is 14.9 Å². The molecule has 0 aliphatic carbocycles. The predicted octanol–water partition coefficient (Wildman–Crippen LogP) is 1.35. The quantitative estimate of drug-likeness (QED) is 0.632. The summed E-state index contributed by atoms with van der Waals surface area (Å²) >= 11 is 0. The number of amides is 1. The number of hydrogen-bond donors (Lipinski definition) is 2. The van der Waals surface area contributed by atoms with Crippen molar-refractivity contribution >= 4 is 17.3 Å². The van der Waals surface area contributed by atoms with Crippen LogP contribution in [0.1, 0.15) is 18.9 Å². The molecule has 0 atom stereocenters. The zero-order valence-electron chi connectivity index (χ0n) is 12.1. The third-order valence-electron chi connectivity index (χ3n) is 3.37. The maximum atomic E-state index is 11.5. The fourth-order valence-electron chi connectivity index (χ4n) is 2.43. The molecule has 1 fully saturated rings. The summed E-state index contributed by atoms with van der Waals surface area (Å²) in [5.74, 6) is 0.00581. The van der Waals surface area contributed by atoms with Gasteiger partial charge in [0.15, 0.2) is 0 Å². The number of carbonyl (C=O) groups excluding carboxylic acids is 1. The molecule has 1 saturated heterocycles. The first-order valence-corrected chi connectivity index (χ1v) is 7.10. The van der Waals surface area contributed by atoms with E-state index in [1.54, 1.807) is 12.1 Å². The molecular weight excluding hydrogens is 272 g/mol. The van der Waals surface area contributed by atoms with Gasteiger partial charge in [0.05, 0.1) is 11.5 Å². The van der Waals surface area contributed by atoms with Crippen molar-refractivity contribution in [3.8, 4) is 0 Å². The second-order valence-electron chi connectivity index (χ2n) is 5.05. The van der Waals surface area contributed by atoms with Crippen molar-refractivity contribution in [2.45, 2.75) is 19.9 Å². The minimum absolute atomic E-state index is 0.00581. The van der Waals surface area contributed by atoms with Crippen molar-refractivity contribution < 1.29 is 9.72 Å². The van der Waals surface area contributed by atoms with Crippen LogP contribution in [0.25, 0.3) is 0 Å². The molecule has 1 amide bonds. The molecule has 0 bridgehead atoms. The van der Waals surface area contributed by atoms with Gasteiger partial charge >= 0.3 is 0 Å². The lowest BCUT2D eigenvalue weighted by Crippen LogP contribution is -2.32. The van der Waals surface area contributed by atoms with Crippen molar-refractivity contribution in [2.24, 2.45) is 0 Å². The first kappa shape index (κ1) is 15.2. The summed E-state index contributed by atoms with van der Waals surface area (Å²) in [6.45, 7) is 4.90. The number of nitrogens with zero attached hydrogens (tertiary/aromatic N) is 2. The van der Waals surface area contributed by atoms with Crippen LogP contribution in [0, 0.1) is 10.1 Å². The second-order valence-corrected chi connectivity index (χ2v) is 5.05. The minimum atomic E-state index is -0.378. The Labute approximate surface area is 123 Å². The van der Waals surface area contributed by atoms with Crippen LogP contribution in [0.4, 0.5) is 11.4 Å². The van der Waals surface area contributed by atoms with Crippen LogP contribution < -0.4 is 10.6 Å². The van der Waals surface area contributed by atoms with Crippen molar-refractivity contribution in [2.75, 3.05) is 31.5 Å². The Morgan fingerprint density at radius 3 is 3.00 bits per heavy atom. The Morgan fingerprint density at radius 1 is 1.48 bits per heavy atom. The molecular formula is C14H20N4O3. The van der Waals surface area contributed by atoms with Crippen LogP contribution in [0.2, 0.25) is 0 Å². The molecule has 0 unspecified atom stereocenters. The van der Waals surface area contributed by atoms with Crippen LogP contribution in [-0.4, -0.2) is 41.9 Å². The average molecular weight is 292 g/mol. The normalized spacial score (nSPS) is 16.1. The standard InChI is InChI=1S/C14H20N4O3/c1-2-15-12-5-4-11(8-13(12)18(20)21)9-17-7-3-6-16-14(19)10-17/h4-5,8,15H,2-3,6-7,9-10H2,1H3,(H,16,19). The predicted molar refractivity (Wildman–Crippen MR) is 80.2 cm³/mol. The van der Waals surface area contributed by atoms with Gasteiger partial charge in [-0.15, -0.1) is 0 Å². The number of carbonyl (C=O) groups is 1. The lowest BCUT2D eigenvalue weighted by molar-refractivity contribution is -0.384. The SMILES string of the molecule is CCNc1ccc(CN2CCCNC(=O)C2)cc1[N+](=O)[O-]. The van der Waals surface area contributed by atoms with Gasteiger partial charge in [-0.2, -0.15) is 0 Å². The van der Waals surface area contributed by atoms with E-state index in [0.717, 1.165) is 18.5 Å². The molecule has 114 valence electrons. The molecule has 0 spiro atoms. The molecule has 1 aliphatic rings. The van der Waals surface area contributed by atoms with Crippen LogP contribution in [0.15, 0.2) is 18.2 Å². The summed E-state index contributed by atoms with van der Waals surface area (Å²) in [7, 11) is 0. The highest BCUT2D eigenvalue weighted by molar-refractivity contribution is 5.78.